The van der Waals surface area contributed by atoms with E-state index in [-0.39, 0.29) is 11.2 Å². The van der Waals surface area contributed by atoms with Crippen LogP contribution in [0.3, 0.4) is 0 Å². The van der Waals surface area contributed by atoms with Crippen molar-refractivity contribution in [1.29, 1.82) is 0 Å². The maximum absolute atomic E-state index is 12.9. The first-order chi connectivity index (χ1) is 7.69. The van der Waals surface area contributed by atoms with Gasteiger partial charge in [0.15, 0.2) is 0 Å². The minimum absolute atomic E-state index is 0.0487. The zero-order valence-corrected chi connectivity index (χ0v) is 9.58. The maximum Gasteiger partial charge on any atom is 0.123 e. The maximum atomic E-state index is 12.9. The molecule has 1 unspecified atom stereocenters. The van der Waals surface area contributed by atoms with Crippen molar-refractivity contribution in [2.45, 2.75) is 18.8 Å². The monoisotopic (exact) mass is 223 g/mol. The van der Waals surface area contributed by atoms with Gasteiger partial charge >= 0.3 is 0 Å². The average molecular weight is 223 g/mol. The molecule has 1 aromatic carbocycles. The van der Waals surface area contributed by atoms with E-state index in [0.717, 1.165) is 19.6 Å². The quantitative estimate of drug-likeness (QED) is 0.848. The summed E-state index contributed by atoms with van der Waals surface area (Å²) in [6.45, 7) is 4.32. The van der Waals surface area contributed by atoms with Gasteiger partial charge in [0, 0.05) is 5.41 Å². The molecule has 1 aromatic rings. The second kappa shape index (κ2) is 4.52. The molecule has 1 aliphatic rings. The summed E-state index contributed by atoms with van der Waals surface area (Å²) < 4.78 is 18.3. The first-order valence-corrected chi connectivity index (χ1v) is 5.73. The molecule has 0 aliphatic carbocycles. The van der Waals surface area contributed by atoms with Gasteiger partial charge in [-0.15, -0.1) is 0 Å². The highest BCUT2D eigenvalue weighted by molar-refractivity contribution is 5.29. The number of benzene rings is 1. The molecule has 0 saturated carbocycles. The highest BCUT2D eigenvalue weighted by Crippen LogP contribution is 2.40. The summed E-state index contributed by atoms with van der Waals surface area (Å²) in [4.78, 5) is 0. The van der Waals surface area contributed by atoms with Gasteiger partial charge in [0.2, 0.25) is 0 Å². The number of nitrogens with two attached hydrogens (primary N) is 1. The largest absolute Gasteiger partial charge is 0.379 e. The summed E-state index contributed by atoms with van der Waals surface area (Å²) in [6.07, 6.45) is 0.973. The Morgan fingerprint density at radius 2 is 2.00 bits per heavy atom. The molecule has 0 aromatic heterocycles. The van der Waals surface area contributed by atoms with Crippen LogP contribution in [0.25, 0.3) is 0 Å². The summed E-state index contributed by atoms with van der Waals surface area (Å²) in [7, 11) is 0. The molecular formula is C13H18FNO. The fourth-order valence-corrected chi connectivity index (χ4v) is 2.37. The molecule has 2 nitrogen and oxygen atoms in total. The summed E-state index contributed by atoms with van der Waals surface area (Å²) in [5, 5.41) is 0. The van der Waals surface area contributed by atoms with Crippen LogP contribution in [0.5, 0.6) is 0 Å². The summed E-state index contributed by atoms with van der Waals surface area (Å²) in [6, 6.07) is 6.77. The van der Waals surface area contributed by atoms with Crippen molar-refractivity contribution in [2.75, 3.05) is 19.8 Å². The van der Waals surface area contributed by atoms with E-state index < -0.39 is 0 Å². The van der Waals surface area contributed by atoms with Gasteiger partial charge in [-0.2, -0.15) is 0 Å². The molecule has 1 fully saturated rings. The minimum atomic E-state index is -0.189. The van der Waals surface area contributed by atoms with Crippen molar-refractivity contribution in [3.8, 4) is 0 Å². The molecule has 2 rings (SSSR count). The number of halogens is 1. The van der Waals surface area contributed by atoms with Crippen molar-refractivity contribution in [2.24, 2.45) is 11.7 Å². The summed E-state index contributed by atoms with van der Waals surface area (Å²) in [5.41, 5.74) is 6.82. The van der Waals surface area contributed by atoms with Crippen LogP contribution in [0.2, 0.25) is 0 Å². The standard InChI is InChI=1S/C13H18FNO/c1-10(6-7-15)13(8-16-9-13)11-2-4-12(14)5-3-11/h2-5,10H,6-9,15H2,1H3. The molecule has 2 N–H and O–H groups in total. The Morgan fingerprint density at radius 1 is 1.38 bits per heavy atom. The van der Waals surface area contributed by atoms with Crippen LogP contribution in [0, 0.1) is 11.7 Å². The molecule has 0 radical (unpaired) electrons. The Labute approximate surface area is 95.6 Å². The molecule has 88 valence electrons. The zero-order valence-electron chi connectivity index (χ0n) is 9.58. The molecule has 1 aliphatic heterocycles. The van der Waals surface area contributed by atoms with Gasteiger partial charge in [-0.25, -0.2) is 4.39 Å². The second-order valence-corrected chi connectivity index (χ2v) is 4.63. The highest BCUT2D eigenvalue weighted by Gasteiger charge is 2.44. The van der Waals surface area contributed by atoms with Crippen LogP contribution in [0.15, 0.2) is 24.3 Å². The smallest absolute Gasteiger partial charge is 0.123 e. The predicted molar refractivity (Wildman–Crippen MR) is 61.7 cm³/mol. The van der Waals surface area contributed by atoms with Crippen molar-refractivity contribution in [3.63, 3.8) is 0 Å². The van der Waals surface area contributed by atoms with Crippen molar-refractivity contribution in [3.05, 3.63) is 35.6 Å². The molecule has 1 saturated heterocycles. The molecule has 0 bridgehead atoms. The predicted octanol–water partition coefficient (Wildman–Crippen LogP) is 2.08. The Balaban J connectivity index is 2.24. The van der Waals surface area contributed by atoms with Crippen LogP contribution in [0.1, 0.15) is 18.9 Å². The summed E-state index contributed by atoms with van der Waals surface area (Å²) >= 11 is 0. The SMILES string of the molecule is CC(CCN)C1(c2ccc(F)cc2)COC1. The minimum Gasteiger partial charge on any atom is -0.379 e. The lowest BCUT2D eigenvalue weighted by atomic mass is 9.68. The van der Waals surface area contributed by atoms with Crippen LogP contribution in [-0.4, -0.2) is 19.8 Å². The molecule has 0 amide bonds. The lowest BCUT2D eigenvalue weighted by Gasteiger charge is -2.46. The van der Waals surface area contributed by atoms with E-state index in [9.17, 15) is 4.39 Å². The Kier molecular flexibility index (Phi) is 3.26. The second-order valence-electron chi connectivity index (χ2n) is 4.63. The van der Waals surface area contributed by atoms with Gasteiger partial charge in [-0.3, -0.25) is 0 Å². The van der Waals surface area contributed by atoms with Crippen molar-refractivity contribution >= 4 is 0 Å². The third-order valence-corrected chi connectivity index (χ3v) is 3.68. The normalized spacial score (nSPS) is 20.2. The van der Waals surface area contributed by atoms with Crippen LogP contribution >= 0.6 is 0 Å². The van der Waals surface area contributed by atoms with E-state index in [1.807, 2.05) is 12.1 Å². The Morgan fingerprint density at radius 3 is 2.44 bits per heavy atom. The number of hydrogen-bond acceptors (Lipinski definition) is 2. The van der Waals surface area contributed by atoms with E-state index in [1.165, 1.54) is 17.7 Å². The average Bonchev–Trinajstić information content (AvgIpc) is 2.19. The van der Waals surface area contributed by atoms with Gasteiger partial charge in [0.05, 0.1) is 13.2 Å². The van der Waals surface area contributed by atoms with Crippen LogP contribution < -0.4 is 5.73 Å². The third kappa shape index (κ3) is 1.85. The number of hydrogen-bond donors (Lipinski definition) is 1. The fraction of sp³-hybridized carbons (Fsp3) is 0.538. The van der Waals surface area contributed by atoms with E-state index in [1.54, 1.807) is 0 Å². The molecule has 0 spiro atoms. The lowest BCUT2D eigenvalue weighted by molar-refractivity contribution is -0.0883. The number of ether oxygens (including phenoxy) is 1. The molecule has 1 atom stereocenters. The number of rotatable bonds is 4. The van der Waals surface area contributed by atoms with Crippen molar-refractivity contribution in [1.82, 2.24) is 0 Å². The van der Waals surface area contributed by atoms with Gasteiger partial charge in [-0.05, 0) is 36.6 Å². The van der Waals surface area contributed by atoms with E-state index in [2.05, 4.69) is 6.92 Å². The van der Waals surface area contributed by atoms with Crippen molar-refractivity contribution < 1.29 is 9.13 Å². The topological polar surface area (TPSA) is 35.2 Å². The molecule has 3 heteroatoms. The van der Waals surface area contributed by atoms with Gasteiger partial charge < -0.3 is 10.5 Å². The van der Waals surface area contributed by atoms with Gasteiger partial charge in [-0.1, -0.05) is 19.1 Å². The van der Waals surface area contributed by atoms with Gasteiger partial charge in [0.25, 0.3) is 0 Å². The fourth-order valence-electron chi connectivity index (χ4n) is 2.37. The van der Waals surface area contributed by atoms with Crippen LogP contribution in [-0.2, 0) is 10.2 Å². The Bertz CT molecular complexity index is 345. The first-order valence-electron chi connectivity index (χ1n) is 5.73. The Hall–Kier alpha value is -0.930. The molecule has 16 heavy (non-hydrogen) atoms. The molecular weight excluding hydrogens is 205 g/mol. The third-order valence-electron chi connectivity index (χ3n) is 3.68. The van der Waals surface area contributed by atoms with E-state index in [4.69, 9.17) is 10.5 Å². The first kappa shape index (κ1) is 11.6. The van der Waals surface area contributed by atoms with Crippen LogP contribution in [0.4, 0.5) is 4.39 Å². The zero-order chi connectivity index (χ0) is 11.6. The highest BCUT2D eigenvalue weighted by atomic mass is 19.1. The lowest BCUT2D eigenvalue weighted by Crippen LogP contribution is -2.52. The summed E-state index contributed by atoms with van der Waals surface area (Å²) in [5.74, 6) is 0.280. The van der Waals surface area contributed by atoms with Gasteiger partial charge in [0.1, 0.15) is 5.82 Å². The molecule has 1 heterocycles. The van der Waals surface area contributed by atoms with E-state index in [0.29, 0.717) is 12.5 Å². The van der Waals surface area contributed by atoms with E-state index >= 15 is 0 Å².